The minimum atomic E-state index is 0.653. The molecule has 23 heavy (non-hydrogen) atoms. The maximum Gasteiger partial charge on any atom is 0.222 e. The molecule has 0 aliphatic carbocycles. The van der Waals surface area contributed by atoms with Gasteiger partial charge in [0.2, 0.25) is 5.95 Å². The van der Waals surface area contributed by atoms with Crippen LogP contribution < -0.4 is 5.32 Å². The molecule has 3 rings (SSSR count). The predicted molar refractivity (Wildman–Crippen MR) is 93.1 cm³/mol. The van der Waals surface area contributed by atoms with E-state index in [0.29, 0.717) is 5.95 Å². The number of hydrogen-bond donors (Lipinski definition) is 1. The molecule has 6 heteroatoms. The van der Waals surface area contributed by atoms with Crippen molar-refractivity contribution in [2.45, 2.75) is 19.6 Å². The molecule has 0 bridgehead atoms. The summed E-state index contributed by atoms with van der Waals surface area (Å²) in [5, 5.41) is 6.35. The largest absolute Gasteiger partial charge is 0.350 e. The fourth-order valence-electron chi connectivity index (χ4n) is 2.23. The van der Waals surface area contributed by atoms with Gasteiger partial charge in [-0.15, -0.1) is 11.3 Å². The summed E-state index contributed by atoms with van der Waals surface area (Å²) in [5.74, 6) is 0.653. The van der Waals surface area contributed by atoms with Gasteiger partial charge in [0.25, 0.3) is 0 Å². The average Bonchev–Trinajstić information content (AvgIpc) is 3.08. The quantitative estimate of drug-likeness (QED) is 0.723. The predicted octanol–water partition coefficient (Wildman–Crippen LogP) is 3.18. The summed E-state index contributed by atoms with van der Waals surface area (Å²) < 4.78 is 0. The van der Waals surface area contributed by atoms with E-state index in [1.807, 2.05) is 42.2 Å². The normalized spacial score (nSPS) is 10.9. The van der Waals surface area contributed by atoms with E-state index in [1.165, 1.54) is 5.56 Å². The highest BCUT2D eigenvalue weighted by Crippen LogP contribution is 2.10. The van der Waals surface area contributed by atoms with E-state index in [0.717, 1.165) is 30.2 Å². The van der Waals surface area contributed by atoms with Gasteiger partial charge in [-0.05, 0) is 12.6 Å². The van der Waals surface area contributed by atoms with Crippen LogP contribution in [0.25, 0.3) is 0 Å². The summed E-state index contributed by atoms with van der Waals surface area (Å²) in [6.07, 6.45) is 5.58. The number of rotatable bonds is 7. The molecular weight excluding hydrogens is 306 g/mol. The first kappa shape index (κ1) is 15.6. The Morgan fingerprint density at radius 1 is 1.00 bits per heavy atom. The molecule has 0 unspecified atom stereocenters. The highest BCUT2D eigenvalue weighted by molar-refractivity contribution is 7.09. The lowest BCUT2D eigenvalue weighted by atomic mass is 10.2. The molecule has 0 saturated carbocycles. The Kier molecular flexibility index (Phi) is 5.29. The van der Waals surface area contributed by atoms with Gasteiger partial charge in [0.15, 0.2) is 0 Å². The van der Waals surface area contributed by atoms with E-state index in [1.54, 1.807) is 11.3 Å². The lowest BCUT2D eigenvalue weighted by Crippen LogP contribution is -2.17. The second kappa shape index (κ2) is 7.80. The fraction of sp³-hybridized carbons (Fsp3) is 0.235. The van der Waals surface area contributed by atoms with Crippen molar-refractivity contribution in [3.8, 4) is 0 Å². The van der Waals surface area contributed by atoms with Crippen molar-refractivity contribution in [2.24, 2.45) is 0 Å². The lowest BCUT2D eigenvalue weighted by Gasteiger charge is -2.14. The van der Waals surface area contributed by atoms with Crippen molar-refractivity contribution < 1.29 is 0 Å². The zero-order chi connectivity index (χ0) is 15.9. The highest BCUT2D eigenvalue weighted by atomic mass is 32.1. The maximum absolute atomic E-state index is 4.38. The lowest BCUT2D eigenvalue weighted by molar-refractivity contribution is 0.318. The molecule has 0 saturated heterocycles. The summed E-state index contributed by atoms with van der Waals surface area (Å²) in [4.78, 5) is 15.3. The first-order valence-electron chi connectivity index (χ1n) is 7.45. The Labute approximate surface area is 140 Å². The van der Waals surface area contributed by atoms with Gasteiger partial charge in [0.05, 0.1) is 6.54 Å². The van der Waals surface area contributed by atoms with Crippen LogP contribution in [0.1, 0.15) is 16.1 Å². The van der Waals surface area contributed by atoms with Gasteiger partial charge >= 0.3 is 0 Å². The zero-order valence-electron chi connectivity index (χ0n) is 13.0. The van der Waals surface area contributed by atoms with Crippen LogP contribution in [-0.2, 0) is 19.6 Å². The van der Waals surface area contributed by atoms with Crippen LogP contribution in [0.2, 0.25) is 0 Å². The molecule has 0 aliphatic rings. The van der Waals surface area contributed by atoms with Crippen molar-refractivity contribution in [1.29, 1.82) is 0 Å². The third-order valence-corrected chi connectivity index (χ3v) is 4.10. The van der Waals surface area contributed by atoms with Crippen LogP contribution in [0.3, 0.4) is 0 Å². The summed E-state index contributed by atoms with van der Waals surface area (Å²) >= 11 is 1.67. The van der Waals surface area contributed by atoms with Crippen molar-refractivity contribution in [3.05, 3.63) is 70.4 Å². The molecule has 0 atom stereocenters. The SMILES string of the molecule is CN(Cc1cnc(NCc2ccccc2)nc1)Cc1nccs1. The molecule has 2 heterocycles. The summed E-state index contributed by atoms with van der Waals surface area (Å²) in [5.41, 5.74) is 2.30. The van der Waals surface area contributed by atoms with Crippen LogP contribution in [0.5, 0.6) is 0 Å². The fourth-order valence-corrected chi connectivity index (χ4v) is 2.93. The number of hydrogen-bond acceptors (Lipinski definition) is 6. The average molecular weight is 325 g/mol. The number of nitrogens with one attached hydrogen (secondary N) is 1. The molecule has 0 spiro atoms. The second-order valence-corrected chi connectivity index (χ2v) is 6.33. The molecule has 1 N–H and O–H groups in total. The van der Waals surface area contributed by atoms with Crippen molar-refractivity contribution in [2.75, 3.05) is 12.4 Å². The number of anilines is 1. The van der Waals surface area contributed by atoms with Crippen LogP contribution in [0.4, 0.5) is 5.95 Å². The summed E-state index contributed by atoms with van der Waals surface area (Å²) in [6, 6.07) is 10.2. The maximum atomic E-state index is 4.38. The van der Waals surface area contributed by atoms with Gasteiger partial charge in [0.1, 0.15) is 5.01 Å². The third-order valence-electron chi connectivity index (χ3n) is 3.34. The third kappa shape index (κ3) is 4.84. The minimum Gasteiger partial charge on any atom is -0.350 e. The van der Waals surface area contributed by atoms with Crippen LogP contribution >= 0.6 is 11.3 Å². The van der Waals surface area contributed by atoms with Gasteiger partial charge in [-0.25, -0.2) is 15.0 Å². The smallest absolute Gasteiger partial charge is 0.222 e. The molecule has 2 aromatic heterocycles. The van der Waals surface area contributed by atoms with E-state index in [9.17, 15) is 0 Å². The number of thiazole rings is 1. The molecular formula is C17H19N5S. The first-order valence-corrected chi connectivity index (χ1v) is 8.33. The monoisotopic (exact) mass is 325 g/mol. The van der Waals surface area contributed by atoms with Gasteiger partial charge in [-0.1, -0.05) is 30.3 Å². The highest BCUT2D eigenvalue weighted by Gasteiger charge is 2.05. The Morgan fingerprint density at radius 2 is 1.78 bits per heavy atom. The Hall–Kier alpha value is -2.31. The van der Waals surface area contributed by atoms with Gasteiger partial charge in [-0.3, -0.25) is 4.90 Å². The molecule has 0 amide bonds. The van der Waals surface area contributed by atoms with Crippen molar-refractivity contribution in [1.82, 2.24) is 19.9 Å². The molecule has 3 aromatic rings. The summed E-state index contributed by atoms with van der Waals surface area (Å²) in [6.45, 7) is 2.37. The van der Waals surface area contributed by atoms with E-state index < -0.39 is 0 Å². The van der Waals surface area contributed by atoms with Crippen LogP contribution in [0.15, 0.2) is 54.3 Å². The molecule has 118 valence electrons. The standard InChI is InChI=1S/C17H19N5S/c1-22(13-16-18-7-8-23-16)12-15-10-20-17(21-11-15)19-9-14-5-3-2-4-6-14/h2-8,10-11H,9,12-13H2,1H3,(H,19,20,21). The first-order chi connectivity index (χ1) is 11.3. The van der Waals surface area contributed by atoms with Crippen molar-refractivity contribution in [3.63, 3.8) is 0 Å². The number of aromatic nitrogens is 3. The summed E-state index contributed by atoms with van der Waals surface area (Å²) in [7, 11) is 2.07. The molecule has 5 nitrogen and oxygen atoms in total. The van der Waals surface area contributed by atoms with Gasteiger partial charge in [-0.2, -0.15) is 0 Å². The van der Waals surface area contributed by atoms with E-state index in [2.05, 4.69) is 44.3 Å². The van der Waals surface area contributed by atoms with Gasteiger partial charge < -0.3 is 5.32 Å². The zero-order valence-corrected chi connectivity index (χ0v) is 13.8. The van der Waals surface area contributed by atoms with Crippen molar-refractivity contribution >= 4 is 17.3 Å². The second-order valence-electron chi connectivity index (χ2n) is 5.35. The Bertz CT molecular complexity index is 698. The topological polar surface area (TPSA) is 53.9 Å². The van der Waals surface area contributed by atoms with Crippen LogP contribution in [-0.4, -0.2) is 26.9 Å². The molecule has 0 radical (unpaired) electrons. The molecule has 0 aliphatic heterocycles. The molecule has 1 aromatic carbocycles. The Balaban J connectivity index is 1.50. The number of nitrogens with zero attached hydrogens (tertiary/aromatic N) is 4. The van der Waals surface area contributed by atoms with E-state index >= 15 is 0 Å². The minimum absolute atomic E-state index is 0.653. The van der Waals surface area contributed by atoms with E-state index in [4.69, 9.17) is 0 Å². The molecule has 0 fully saturated rings. The Morgan fingerprint density at radius 3 is 2.48 bits per heavy atom. The van der Waals surface area contributed by atoms with Crippen LogP contribution in [0, 0.1) is 0 Å². The van der Waals surface area contributed by atoms with E-state index in [-0.39, 0.29) is 0 Å². The number of benzene rings is 1. The van der Waals surface area contributed by atoms with Gasteiger partial charge in [0, 0.05) is 42.6 Å².